The van der Waals surface area contributed by atoms with Gasteiger partial charge in [-0.05, 0) is 17.7 Å². The minimum absolute atomic E-state index is 0.0240. The van der Waals surface area contributed by atoms with Gasteiger partial charge in [0, 0.05) is 44.6 Å². The normalized spacial score (nSPS) is 11.4. The molecule has 2 heterocycles. The minimum atomic E-state index is -0.471. The first-order valence-corrected chi connectivity index (χ1v) is 12.0. The molecular weight excluding hydrogens is 489 g/mol. The van der Waals surface area contributed by atoms with E-state index in [1.165, 1.54) is 18.7 Å². The van der Waals surface area contributed by atoms with Crippen molar-refractivity contribution in [3.8, 4) is 0 Å². The van der Waals surface area contributed by atoms with E-state index in [1.54, 1.807) is 6.21 Å². The Labute approximate surface area is 203 Å². The van der Waals surface area contributed by atoms with Crippen molar-refractivity contribution in [1.82, 2.24) is 24.5 Å². The third-order valence-corrected chi connectivity index (χ3v) is 5.99. The van der Waals surface area contributed by atoms with E-state index in [-0.39, 0.29) is 22.8 Å². The van der Waals surface area contributed by atoms with Crippen LogP contribution in [0, 0.1) is 0 Å². The van der Waals surface area contributed by atoms with E-state index >= 15 is 0 Å². The minimum Gasteiger partial charge on any atom is -0.369 e. The summed E-state index contributed by atoms with van der Waals surface area (Å²) >= 11 is 12.8. The van der Waals surface area contributed by atoms with Gasteiger partial charge >= 0.3 is 5.69 Å². The highest BCUT2D eigenvalue weighted by atomic mass is 35.5. The second kappa shape index (κ2) is 11.4. The molecule has 0 radical (unpaired) electrons. The Kier molecular flexibility index (Phi) is 8.59. The van der Waals surface area contributed by atoms with E-state index in [0.717, 1.165) is 27.6 Å². The first kappa shape index (κ1) is 24.9. The van der Waals surface area contributed by atoms with Crippen molar-refractivity contribution >= 4 is 63.9 Å². The molecule has 0 saturated carbocycles. The van der Waals surface area contributed by atoms with Gasteiger partial charge in [-0.15, -0.1) is 23.2 Å². The van der Waals surface area contributed by atoms with Crippen LogP contribution in [-0.4, -0.2) is 61.8 Å². The monoisotopic (exact) mass is 511 g/mol. The Morgan fingerprint density at radius 2 is 1.85 bits per heavy atom. The number of fused-ring (bicyclic) bond motifs is 1. The highest BCUT2D eigenvalue weighted by Gasteiger charge is 2.14. The molecule has 33 heavy (non-hydrogen) atoms. The SMILES string of the molecule is Cn1c(=O)c2[nH]c(SCC(=O)N/N=C/c3ccc(N(CCCl)CCCl)cc3)nc2n(C)c1=O. The molecule has 0 aliphatic carbocycles. The molecule has 3 aromatic rings. The molecule has 0 spiro atoms. The zero-order chi connectivity index (χ0) is 24.0. The van der Waals surface area contributed by atoms with Gasteiger partial charge < -0.3 is 9.88 Å². The summed E-state index contributed by atoms with van der Waals surface area (Å²) in [5, 5.41) is 4.33. The molecule has 1 aromatic carbocycles. The van der Waals surface area contributed by atoms with Crippen molar-refractivity contribution in [2.45, 2.75) is 5.16 Å². The number of hydrogen-bond donors (Lipinski definition) is 2. The molecular formula is C20H23Cl2N7O3S. The van der Waals surface area contributed by atoms with Crippen molar-refractivity contribution < 1.29 is 4.79 Å². The second-order valence-corrected chi connectivity index (χ2v) is 8.70. The maximum atomic E-state index is 12.2. The van der Waals surface area contributed by atoms with Crippen molar-refractivity contribution in [1.29, 1.82) is 0 Å². The summed E-state index contributed by atoms with van der Waals surface area (Å²) in [4.78, 5) is 45.5. The molecule has 0 bridgehead atoms. The molecule has 0 aliphatic heterocycles. The number of carbonyl (C=O) groups excluding carboxylic acids is 1. The Balaban J connectivity index is 1.56. The van der Waals surface area contributed by atoms with Crippen LogP contribution in [0.3, 0.4) is 0 Å². The smallest absolute Gasteiger partial charge is 0.332 e. The molecule has 10 nitrogen and oxygen atoms in total. The molecule has 3 rings (SSSR count). The third-order valence-electron chi connectivity index (χ3n) is 4.78. The number of alkyl halides is 2. The summed E-state index contributed by atoms with van der Waals surface area (Å²) in [5.41, 5.74) is 3.78. The van der Waals surface area contributed by atoms with Crippen LogP contribution in [0.1, 0.15) is 5.56 Å². The number of nitrogens with zero attached hydrogens (tertiary/aromatic N) is 5. The Morgan fingerprint density at radius 3 is 2.48 bits per heavy atom. The van der Waals surface area contributed by atoms with Gasteiger partial charge in [0.1, 0.15) is 0 Å². The number of rotatable bonds is 10. The number of anilines is 1. The van der Waals surface area contributed by atoms with Gasteiger partial charge in [-0.2, -0.15) is 5.10 Å². The molecule has 13 heteroatoms. The summed E-state index contributed by atoms with van der Waals surface area (Å²) in [6.45, 7) is 1.40. The van der Waals surface area contributed by atoms with Crippen molar-refractivity contribution in [2.75, 3.05) is 35.5 Å². The molecule has 0 saturated heterocycles. The van der Waals surface area contributed by atoms with Gasteiger partial charge in [0.05, 0.1) is 12.0 Å². The average Bonchev–Trinajstić information content (AvgIpc) is 3.25. The summed E-state index contributed by atoms with van der Waals surface area (Å²) in [6, 6.07) is 7.65. The number of carbonyl (C=O) groups is 1. The largest absolute Gasteiger partial charge is 0.369 e. The number of hydrogen-bond acceptors (Lipinski definition) is 7. The lowest BCUT2D eigenvalue weighted by Gasteiger charge is -2.22. The molecule has 176 valence electrons. The van der Waals surface area contributed by atoms with E-state index in [4.69, 9.17) is 23.2 Å². The van der Waals surface area contributed by atoms with Crippen LogP contribution in [0.2, 0.25) is 0 Å². The molecule has 2 aromatic heterocycles. The van der Waals surface area contributed by atoms with Gasteiger partial charge in [-0.3, -0.25) is 18.7 Å². The molecule has 0 aliphatic rings. The van der Waals surface area contributed by atoms with Crippen molar-refractivity contribution in [3.05, 3.63) is 50.7 Å². The fraction of sp³-hybridized carbons (Fsp3) is 0.350. The number of benzene rings is 1. The van der Waals surface area contributed by atoms with Crippen LogP contribution in [0.5, 0.6) is 0 Å². The first-order chi connectivity index (χ1) is 15.8. The number of aryl methyl sites for hydroxylation is 1. The summed E-state index contributed by atoms with van der Waals surface area (Å²) < 4.78 is 2.27. The zero-order valence-electron chi connectivity index (χ0n) is 18.0. The van der Waals surface area contributed by atoms with Crippen LogP contribution in [0.25, 0.3) is 11.2 Å². The average molecular weight is 512 g/mol. The van der Waals surface area contributed by atoms with Gasteiger partial charge in [-0.25, -0.2) is 15.2 Å². The number of nitrogens with one attached hydrogen (secondary N) is 2. The van der Waals surface area contributed by atoms with E-state index in [0.29, 0.717) is 30.0 Å². The fourth-order valence-electron chi connectivity index (χ4n) is 3.06. The highest BCUT2D eigenvalue weighted by molar-refractivity contribution is 7.99. The predicted molar refractivity (Wildman–Crippen MR) is 133 cm³/mol. The molecule has 0 unspecified atom stereocenters. The second-order valence-electron chi connectivity index (χ2n) is 6.98. The summed E-state index contributed by atoms with van der Waals surface area (Å²) in [5.74, 6) is 0.696. The van der Waals surface area contributed by atoms with Gasteiger partial charge in [0.15, 0.2) is 16.3 Å². The number of aromatic nitrogens is 4. The Bertz CT molecular complexity index is 1260. The lowest BCUT2D eigenvalue weighted by atomic mass is 10.2. The quantitative estimate of drug-likeness (QED) is 0.184. The number of hydrazone groups is 1. The number of halogens is 2. The molecule has 1 amide bonds. The third kappa shape index (κ3) is 5.98. The summed E-state index contributed by atoms with van der Waals surface area (Å²) in [6.07, 6.45) is 1.54. The lowest BCUT2D eigenvalue weighted by Crippen LogP contribution is -2.36. The Morgan fingerprint density at radius 1 is 1.18 bits per heavy atom. The standard InChI is InChI=1S/C20H23Cl2N7O3S/c1-27-17-16(18(31)28(2)20(27)32)24-19(25-17)33-12-15(30)26-23-11-13-3-5-14(6-4-13)29(9-7-21)10-8-22/h3-6,11H,7-10,12H2,1-2H3,(H,24,25)(H,26,30)/b23-11+. The predicted octanol–water partition coefficient (Wildman–Crippen LogP) is 1.49. The Hall–Kier alpha value is -2.76. The van der Waals surface area contributed by atoms with Crippen LogP contribution in [0.15, 0.2) is 44.1 Å². The van der Waals surface area contributed by atoms with Crippen molar-refractivity contribution in [2.24, 2.45) is 19.2 Å². The van der Waals surface area contributed by atoms with E-state index < -0.39 is 11.2 Å². The number of amides is 1. The lowest BCUT2D eigenvalue weighted by molar-refractivity contribution is -0.118. The van der Waals surface area contributed by atoms with Crippen LogP contribution in [-0.2, 0) is 18.9 Å². The fourth-order valence-corrected chi connectivity index (χ4v) is 4.13. The summed E-state index contributed by atoms with van der Waals surface area (Å²) in [7, 11) is 2.92. The van der Waals surface area contributed by atoms with Crippen LogP contribution in [0.4, 0.5) is 5.69 Å². The first-order valence-electron chi connectivity index (χ1n) is 9.93. The molecule has 2 N–H and O–H groups in total. The van der Waals surface area contributed by atoms with E-state index in [1.807, 2.05) is 24.3 Å². The number of imidazole rings is 1. The molecule has 0 atom stereocenters. The van der Waals surface area contributed by atoms with Crippen molar-refractivity contribution in [3.63, 3.8) is 0 Å². The van der Waals surface area contributed by atoms with Crippen LogP contribution >= 0.6 is 35.0 Å². The zero-order valence-corrected chi connectivity index (χ0v) is 20.4. The van der Waals surface area contributed by atoms with Gasteiger partial charge in [-0.1, -0.05) is 23.9 Å². The maximum absolute atomic E-state index is 12.2. The topological polar surface area (TPSA) is 117 Å². The van der Waals surface area contributed by atoms with Gasteiger partial charge in [0.25, 0.3) is 11.5 Å². The van der Waals surface area contributed by atoms with E-state index in [9.17, 15) is 14.4 Å². The number of H-pyrrole nitrogens is 1. The number of thioether (sulfide) groups is 1. The maximum Gasteiger partial charge on any atom is 0.332 e. The highest BCUT2D eigenvalue weighted by Crippen LogP contribution is 2.17. The van der Waals surface area contributed by atoms with Crippen LogP contribution < -0.4 is 21.6 Å². The van der Waals surface area contributed by atoms with Gasteiger partial charge in [0.2, 0.25) is 0 Å². The number of aromatic amines is 1. The molecule has 0 fully saturated rings. The van der Waals surface area contributed by atoms with E-state index in [2.05, 4.69) is 25.4 Å².